The third kappa shape index (κ3) is 4.35. The molecule has 0 heterocycles. The van der Waals surface area contributed by atoms with Gasteiger partial charge < -0.3 is 0 Å². The Kier molecular flexibility index (Phi) is 6.43. The van der Waals surface area contributed by atoms with Gasteiger partial charge in [-0.05, 0) is 74.6 Å². The first-order valence-corrected chi connectivity index (χ1v) is 13.9. The van der Waals surface area contributed by atoms with E-state index >= 15 is 0 Å². The van der Waals surface area contributed by atoms with Crippen LogP contribution >= 0.6 is 0 Å². The van der Waals surface area contributed by atoms with Crippen molar-refractivity contribution in [2.45, 2.75) is 83.0 Å². The monoisotopic (exact) mass is 486 g/mol. The molecular weight excluding hydrogens is 444 g/mol. The number of benzene rings is 3. The van der Waals surface area contributed by atoms with Gasteiger partial charge in [-0.1, -0.05) is 133 Å². The maximum absolute atomic E-state index is 4.15. The lowest BCUT2D eigenvalue weighted by molar-refractivity contribution is 0.425. The maximum Gasteiger partial charge on any atom is 0.0312 e. The lowest BCUT2D eigenvalue weighted by Gasteiger charge is -2.42. The minimum absolute atomic E-state index is 0.0912. The van der Waals surface area contributed by atoms with Gasteiger partial charge in [0.25, 0.3) is 0 Å². The number of allylic oxidation sites excluding steroid dienone is 5. The Hall–Kier alpha value is -3.12. The minimum Gasteiger partial charge on any atom is -0.103 e. The molecule has 2 aliphatic carbocycles. The van der Waals surface area contributed by atoms with Crippen molar-refractivity contribution in [3.05, 3.63) is 131 Å². The summed E-state index contributed by atoms with van der Waals surface area (Å²) in [5.41, 5.74) is 11.4. The Balaban J connectivity index is 1.88. The molecule has 3 aromatic rings. The Morgan fingerprint density at radius 2 is 1.32 bits per heavy atom. The van der Waals surface area contributed by atoms with E-state index < -0.39 is 0 Å². The van der Waals surface area contributed by atoms with Gasteiger partial charge in [-0.3, -0.25) is 0 Å². The third-order valence-corrected chi connectivity index (χ3v) is 8.56. The molecule has 0 aromatic heterocycles. The lowest BCUT2D eigenvalue weighted by Crippen LogP contribution is -2.35. The molecule has 5 rings (SSSR count). The molecule has 190 valence electrons. The zero-order valence-electron chi connectivity index (χ0n) is 23.6. The van der Waals surface area contributed by atoms with E-state index in [-0.39, 0.29) is 22.2 Å². The third-order valence-electron chi connectivity index (χ3n) is 8.56. The van der Waals surface area contributed by atoms with Crippen molar-refractivity contribution in [3.8, 4) is 11.1 Å². The molecule has 0 spiro atoms. The Morgan fingerprint density at radius 1 is 0.757 bits per heavy atom. The van der Waals surface area contributed by atoms with Crippen LogP contribution in [0.3, 0.4) is 0 Å². The van der Waals surface area contributed by atoms with Gasteiger partial charge in [0.2, 0.25) is 0 Å². The van der Waals surface area contributed by atoms with Gasteiger partial charge in [-0.25, -0.2) is 0 Å². The van der Waals surface area contributed by atoms with Crippen LogP contribution < -0.4 is 0 Å². The van der Waals surface area contributed by atoms with Gasteiger partial charge in [0.05, 0.1) is 0 Å². The van der Waals surface area contributed by atoms with Crippen molar-refractivity contribution < 1.29 is 0 Å². The molecule has 0 saturated carbocycles. The molecule has 1 atom stereocenters. The zero-order valence-corrected chi connectivity index (χ0v) is 23.6. The second kappa shape index (κ2) is 9.32. The van der Waals surface area contributed by atoms with E-state index in [9.17, 15) is 0 Å². The standard InChI is InChI=1S/C37H42/c1-8-9-23-37(27-17-13-14-18-27,26-15-11-10-12-16-26)34-32-24-28(35(2,3)4)19-21-30(32)31-22-20-29(25-33(31)34)36(5,6)7/h8,10-13,15-22,24-25,34H,1,9,14,23H2,2-7H3. The van der Waals surface area contributed by atoms with E-state index in [1.807, 2.05) is 0 Å². The van der Waals surface area contributed by atoms with Crippen LogP contribution in [0.1, 0.15) is 94.5 Å². The minimum atomic E-state index is -0.171. The Labute approximate surface area is 224 Å². The molecule has 37 heavy (non-hydrogen) atoms. The highest BCUT2D eigenvalue weighted by Crippen LogP contribution is 2.59. The summed E-state index contributed by atoms with van der Waals surface area (Å²) in [6.45, 7) is 18.1. The number of hydrogen-bond acceptors (Lipinski definition) is 0. The quantitative estimate of drug-likeness (QED) is 0.304. The summed E-state index contributed by atoms with van der Waals surface area (Å²) in [6, 6.07) is 25.8. The van der Waals surface area contributed by atoms with Gasteiger partial charge in [0.1, 0.15) is 0 Å². The summed E-state index contributed by atoms with van der Waals surface area (Å²) in [6.07, 6.45) is 12.3. The zero-order chi connectivity index (χ0) is 26.4. The van der Waals surface area contributed by atoms with E-state index in [1.54, 1.807) is 0 Å². The normalized spacial score (nSPS) is 16.8. The molecule has 1 unspecified atom stereocenters. The van der Waals surface area contributed by atoms with Crippen molar-refractivity contribution in [1.82, 2.24) is 0 Å². The number of fused-ring (bicyclic) bond motifs is 3. The first-order chi connectivity index (χ1) is 17.6. The van der Waals surface area contributed by atoms with Crippen molar-refractivity contribution in [1.29, 1.82) is 0 Å². The van der Waals surface area contributed by atoms with Crippen LogP contribution in [-0.2, 0) is 16.2 Å². The lowest BCUT2D eigenvalue weighted by atomic mass is 9.60. The number of hydrogen-bond donors (Lipinski definition) is 0. The van der Waals surface area contributed by atoms with Crippen molar-refractivity contribution in [2.24, 2.45) is 0 Å². The molecule has 0 saturated heterocycles. The Bertz CT molecular complexity index is 1300. The highest BCUT2D eigenvalue weighted by Gasteiger charge is 2.48. The molecule has 3 aromatic carbocycles. The van der Waals surface area contributed by atoms with Gasteiger partial charge in [0, 0.05) is 11.3 Å². The SMILES string of the molecule is C=CCCC(C1=CCC=C1)(c1ccccc1)C1c2cc(C(C)(C)C)ccc2-c2ccc(C(C)(C)C)cc21. The molecule has 0 heteroatoms. The van der Waals surface area contributed by atoms with Crippen LogP contribution in [-0.4, -0.2) is 0 Å². The maximum atomic E-state index is 4.15. The fourth-order valence-electron chi connectivity index (χ4n) is 6.51. The smallest absolute Gasteiger partial charge is 0.0312 e. The summed E-state index contributed by atoms with van der Waals surface area (Å²) in [5.74, 6) is 0.235. The van der Waals surface area contributed by atoms with Gasteiger partial charge in [-0.2, -0.15) is 0 Å². The van der Waals surface area contributed by atoms with E-state index in [2.05, 4.69) is 139 Å². The fourth-order valence-corrected chi connectivity index (χ4v) is 6.51. The molecule has 0 amide bonds. The van der Waals surface area contributed by atoms with Gasteiger partial charge >= 0.3 is 0 Å². The van der Waals surface area contributed by atoms with Crippen LogP contribution in [0.15, 0.2) is 103 Å². The van der Waals surface area contributed by atoms with Crippen LogP contribution in [0, 0.1) is 0 Å². The average molecular weight is 487 g/mol. The number of rotatable bonds is 6. The first kappa shape index (κ1) is 25.5. The molecule has 2 aliphatic rings. The molecule has 0 bridgehead atoms. The second-order valence-corrected chi connectivity index (χ2v) is 13.0. The first-order valence-electron chi connectivity index (χ1n) is 13.9. The molecule has 0 aliphatic heterocycles. The van der Waals surface area contributed by atoms with Crippen molar-refractivity contribution in [3.63, 3.8) is 0 Å². The van der Waals surface area contributed by atoms with E-state index in [1.165, 1.54) is 44.5 Å². The summed E-state index contributed by atoms with van der Waals surface area (Å²) < 4.78 is 0. The largest absolute Gasteiger partial charge is 0.103 e. The summed E-state index contributed by atoms with van der Waals surface area (Å²) >= 11 is 0. The van der Waals surface area contributed by atoms with E-state index in [4.69, 9.17) is 0 Å². The predicted octanol–water partition coefficient (Wildman–Crippen LogP) is 10.2. The Morgan fingerprint density at radius 3 is 1.78 bits per heavy atom. The van der Waals surface area contributed by atoms with Crippen LogP contribution in [0.5, 0.6) is 0 Å². The summed E-state index contributed by atoms with van der Waals surface area (Å²) in [7, 11) is 0. The average Bonchev–Trinajstić information content (AvgIpc) is 3.51. The highest BCUT2D eigenvalue weighted by atomic mass is 14.5. The van der Waals surface area contributed by atoms with Crippen LogP contribution in [0.4, 0.5) is 0 Å². The van der Waals surface area contributed by atoms with Gasteiger partial charge in [0.15, 0.2) is 0 Å². The van der Waals surface area contributed by atoms with E-state index in [0.717, 1.165) is 19.3 Å². The molecule has 0 N–H and O–H groups in total. The van der Waals surface area contributed by atoms with Crippen LogP contribution in [0.25, 0.3) is 11.1 Å². The second-order valence-electron chi connectivity index (χ2n) is 13.0. The molecule has 0 fully saturated rings. The van der Waals surface area contributed by atoms with Crippen molar-refractivity contribution in [2.75, 3.05) is 0 Å². The summed E-state index contributed by atoms with van der Waals surface area (Å²) in [4.78, 5) is 0. The van der Waals surface area contributed by atoms with E-state index in [0.29, 0.717) is 0 Å². The fraction of sp³-hybridized carbons (Fsp3) is 0.351. The summed E-state index contributed by atoms with van der Waals surface area (Å²) in [5, 5.41) is 0. The molecule has 0 nitrogen and oxygen atoms in total. The topological polar surface area (TPSA) is 0 Å². The van der Waals surface area contributed by atoms with Gasteiger partial charge in [-0.15, -0.1) is 6.58 Å². The molecular formula is C37H42. The van der Waals surface area contributed by atoms with Crippen LogP contribution in [0.2, 0.25) is 0 Å². The van der Waals surface area contributed by atoms with Crippen molar-refractivity contribution >= 4 is 0 Å². The predicted molar refractivity (Wildman–Crippen MR) is 161 cm³/mol. The molecule has 0 radical (unpaired) electrons. The highest BCUT2D eigenvalue weighted by molar-refractivity contribution is 5.82.